The maximum atomic E-state index is 14.0. The van der Waals surface area contributed by atoms with Gasteiger partial charge in [0.15, 0.2) is 11.6 Å². The van der Waals surface area contributed by atoms with Crippen LogP contribution in [0.1, 0.15) is 32.8 Å². The zero-order valence-corrected chi connectivity index (χ0v) is 18.3. The number of aliphatic hydroxyl groups excluding tert-OH is 1. The van der Waals surface area contributed by atoms with Gasteiger partial charge >= 0.3 is 6.18 Å². The Morgan fingerprint density at radius 3 is 2.58 bits per heavy atom. The number of hydrogen-bond acceptors (Lipinski definition) is 7. The number of nitrogens with one attached hydrogen (secondary N) is 4. The number of halogens is 4. The summed E-state index contributed by atoms with van der Waals surface area (Å²) in [7, 11) is 0. The van der Waals surface area contributed by atoms with Crippen LogP contribution in [0, 0.1) is 11.2 Å². The summed E-state index contributed by atoms with van der Waals surface area (Å²) in [6.45, 7) is 3.25. The minimum atomic E-state index is -4.66. The molecule has 1 heterocycles. The van der Waals surface area contributed by atoms with Crippen LogP contribution >= 0.6 is 0 Å². The molecular weight excluding hydrogens is 444 g/mol. The van der Waals surface area contributed by atoms with Crippen molar-refractivity contribution in [2.45, 2.75) is 51.4 Å². The molecule has 2 rings (SSSR count). The monoisotopic (exact) mass is 470 g/mol. The van der Waals surface area contributed by atoms with E-state index >= 15 is 0 Å². The van der Waals surface area contributed by atoms with Crippen molar-refractivity contribution in [3.63, 3.8) is 0 Å². The lowest BCUT2D eigenvalue weighted by Gasteiger charge is -2.28. The fourth-order valence-corrected chi connectivity index (χ4v) is 2.60. The third-order valence-corrected chi connectivity index (χ3v) is 4.77. The quantitative estimate of drug-likeness (QED) is 0.267. The second kappa shape index (κ2) is 10.6. The molecule has 1 aromatic carbocycles. The van der Waals surface area contributed by atoms with Crippen molar-refractivity contribution in [2.24, 2.45) is 0 Å². The summed E-state index contributed by atoms with van der Waals surface area (Å²) in [4.78, 5) is 20.0. The Bertz CT molecular complexity index is 993. The van der Waals surface area contributed by atoms with Crippen molar-refractivity contribution >= 4 is 29.1 Å². The molecular formula is C21H26F4N6O2. The summed E-state index contributed by atoms with van der Waals surface area (Å²) in [5.74, 6) is -1.84. The van der Waals surface area contributed by atoms with E-state index in [1.54, 1.807) is 24.3 Å². The molecule has 0 fully saturated rings. The first-order valence-electron chi connectivity index (χ1n) is 10.1. The second-order valence-corrected chi connectivity index (χ2v) is 7.88. The van der Waals surface area contributed by atoms with E-state index in [0.717, 1.165) is 20.0 Å². The molecule has 5 N–H and O–H groups in total. The van der Waals surface area contributed by atoms with Crippen LogP contribution in [0.3, 0.4) is 0 Å². The molecule has 8 nitrogen and oxygen atoms in total. The highest BCUT2D eigenvalue weighted by atomic mass is 19.4. The zero-order chi connectivity index (χ0) is 24.8. The number of aliphatic hydroxyl groups is 1. The van der Waals surface area contributed by atoms with Gasteiger partial charge in [-0.1, -0.05) is 19.1 Å². The SMILES string of the molecule is CCC(CO)Nc1nc(Nc2cccc(CC(=N)C(=O)NC(C)(C)C(F)(F)F)c2)ncc1F. The topological polar surface area (TPSA) is 123 Å². The molecule has 0 saturated heterocycles. The van der Waals surface area contributed by atoms with Crippen LogP contribution in [0.15, 0.2) is 30.5 Å². The van der Waals surface area contributed by atoms with E-state index < -0.39 is 29.2 Å². The summed E-state index contributed by atoms with van der Waals surface area (Å²) < 4.78 is 52.9. The summed E-state index contributed by atoms with van der Waals surface area (Å²) in [6, 6.07) is 6.05. The average Bonchev–Trinajstić information content (AvgIpc) is 2.73. The number of carbonyl (C=O) groups is 1. The van der Waals surface area contributed by atoms with Gasteiger partial charge in [0.25, 0.3) is 5.91 Å². The number of benzene rings is 1. The van der Waals surface area contributed by atoms with Crippen molar-refractivity contribution in [3.8, 4) is 0 Å². The van der Waals surface area contributed by atoms with E-state index in [9.17, 15) is 27.5 Å². The lowest BCUT2D eigenvalue weighted by atomic mass is 10.0. The first-order chi connectivity index (χ1) is 15.4. The molecule has 0 saturated carbocycles. The highest BCUT2D eigenvalue weighted by Crippen LogP contribution is 2.29. The van der Waals surface area contributed by atoms with E-state index in [2.05, 4.69) is 20.6 Å². The Morgan fingerprint density at radius 1 is 1.27 bits per heavy atom. The summed E-state index contributed by atoms with van der Waals surface area (Å²) in [6.07, 6.45) is -3.36. The predicted molar refractivity (Wildman–Crippen MR) is 116 cm³/mol. The van der Waals surface area contributed by atoms with Crippen molar-refractivity contribution < 1.29 is 27.5 Å². The van der Waals surface area contributed by atoms with E-state index in [4.69, 9.17) is 5.41 Å². The molecule has 0 aliphatic carbocycles. The number of nitrogens with zero attached hydrogens (tertiary/aromatic N) is 2. The summed E-state index contributed by atoms with van der Waals surface area (Å²) in [5.41, 5.74) is -2.07. The molecule has 33 heavy (non-hydrogen) atoms. The Morgan fingerprint density at radius 2 is 1.97 bits per heavy atom. The highest BCUT2D eigenvalue weighted by molar-refractivity contribution is 6.38. The highest BCUT2D eigenvalue weighted by Gasteiger charge is 2.48. The molecule has 1 amide bonds. The van der Waals surface area contributed by atoms with E-state index in [0.29, 0.717) is 17.7 Å². The Balaban J connectivity index is 2.09. The van der Waals surface area contributed by atoms with E-state index in [1.165, 1.54) is 0 Å². The largest absolute Gasteiger partial charge is 0.410 e. The number of carbonyl (C=O) groups excluding carboxylic acids is 1. The molecule has 0 radical (unpaired) electrons. The molecule has 180 valence electrons. The first kappa shape index (κ1) is 26.0. The zero-order valence-electron chi connectivity index (χ0n) is 18.3. The van der Waals surface area contributed by atoms with Gasteiger partial charge in [0.2, 0.25) is 5.95 Å². The van der Waals surface area contributed by atoms with Crippen LogP contribution in [0.4, 0.5) is 35.0 Å². The molecule has 1 unspecified atom stereocenters. The van der Waals surface area contributed by atoms with Gasteiger partial charge in [0, 0.05) is 12.1 Å². The van der Waals surface area contributed by atoms with Crippen molar-refractivity contribution in [1.29, 1.82) is 5.41 Å². The van der Waals surface area contributed by atoms with Gasteiger partial charge < -0.3 is 21.1 Å². The maximum Gasteiger partial charge on any atom is 0.410 e. The third-order valence-electron chi connectivity index (χ3n) is 4.77. The first-order valence-corrected chi connectivity index (χ1v) is 10.1. The summed E-state index contributed by atoms with van der Waals surface area (Å²) in [5, 5.41) is 24.6. The van der Waals surface area contributed by atoms with Gasteiger partial charge in [-0.05, 0) is 38.0 Å². The number of hydrogen-bond donors (Lipinski definition) is 5. The van der Waals surface area contributed by atoms with Gasteiger partial charge in [-0.25, -0.2) is 9.37 Å². The lowest BCUT2D eigenvalue weighted by molar-refractivity contribution is -0.187. The molecule has 0 spiro atoms. The Labute approximate surface area is 188 Å². The van der Waals surface area contributed by atoms with Crippen LogP contribution in [-0.2, 0) is 11.2 Å². The standard InChI is InChI=1S/C21H26F4N6O2/c1-4-13(11-32)28-17-15(22)10-27-19(30-17)29-14-7-5-6-12(8-14)9-16(26)18(33)31-20(2,3)21(23,24)25/h5-8,10,13,26,32H,4,9,11H2,1-3H3,(H,31,33)(H2,27,28,29,30). The van der Waals surface area contributed by atoms with Crippen molar-refractivity contribution in [2.75, 3.05) is 17.2 Å². The molecule has 1 atom stereocenters. The van der Waals surface area contributed by atoms with Gasteiger partial charge in [-0.15, -0.1) is 0 Å². The Kier molecular flexibility index (Phi) is 8.31. The number of rotatable bonds is 10. The van der Waals surface area contributed by atoms with Crippen LogP contribution < -0.4 is 16.0 Å². The van der Waals surface area contributed by atoms with Crippen LogP contribution in [0.5, 0.6) is 0 Å². The van der Waals surface area contributed by atoms with Crippen molar-refractivity contribution in [3.05, 3.63) is 41.8 Å². The summed E-state index contributed by atoms with van der Waals surface area (Å²) >= 11 is 0. The number of alkyl halides is 3. The molecule has 0 bridgehead atoms. The van der Waals surface area contributed by atoms with Gasteiger partial charge in [-0.2, -0.15) is 18.2 Å². The van der Waals surface area contributed by atoms with Gasteiger partial charge in [-0.3, -0.25) is 10.2 Å². The fourth-order valence-electron chi connectivity index (χ4n) is 2.60. The molecule has 2 aromatic rings. The van der Waals surface area contributed by atoms with Gasteiger partial charge in [0.05, 0.1) is 18.8 Å². The van der Waals surface area contributed by atoms with Gasteiger partial charge in [0.1, 0.15) is 11.3 Å². The van der Waals surface area contributed by atoms with E-state index in [-0.39, 0.29) is 30.8 Å². The average molecular weight is 470 g/mol. The maximum absolute atomic E-state index is 14.0. The number of aromatic nitrogens is 2. The molecule has 12 heteroatoms. The van der Waals surface area contributed by atoms with Crippen LogP contribution in [0.2, 0.25) is 0 Å². The van der Waals surface area contributed by atoms with E-state index in [1.807, 2.05) is 12.2 Å². The molecule has 0 aliphatic heterocycles. The molecule has 1 aromatic heterocycles. The normalized spacial score (nSPS) is 12.7. The minimum Gasteiger partial charge on any atom is -0.394 e. The fraction of sp³-hybridized carbons (Fsp3) is 0.429. The third kappa shape index (κ3) is 7.11. The van der Waals surface area contributed by atoms with Crippen molar-refractivity contribution in [1.82, 2.24) is 15.3 Å². The minimum absolute atomic E-state index is 0.0589. The second-order valence-electron chi connectivity index (χ2n) is 7.88. The number of amides is 1. The molecule has 0 aliphatic rings. The predicted octanol–water partition coefficient (Wildman–Crippen LogP) is 3.56. The van der Waals surface area contributed by atoms with Crippen LogP contribution in [0.25, 0.3) is 0 Å². The smallest absolute Gasteiger partial charge is 0.394 e. The lowest BCUT2D eigenvalue weighted by Crippen LogP contribution is -2.56. The Hall–Kier alpha value is -3.28. The number of anilines is 3. The van der Waals surface area contributed by atoms with Crippen LogP contribution in [-0.4, -0.2) is 51.1 Å².